The maximum absolute atomic E-state index is 12.4. The van der Waals surface area contributed by atoms with Gasteiger partial charge in [0.05, 0.1) is 12.9 Å². The lowest BCUT2D eigenvalue weighted by molar-refractivity contribution is 0.340. The van der Waals surface area contributed by atoms with Crippen LogP contribution in [0.15, 0.2) is 23.1 Å². The third kappa shape index (κ3) is 5.02. The number of likely N-dealkylation sites (tertiary alicyclic amines) is 1. The van der Waals surface area contributed by atoms with Crippen molar-refractivity contribution >= 4 is 33.8 Å². The van der Waals surface area contributed by atoms with E-state index in [0.29, 0.717) is 17.2 Å². The van der Waals surface area contributed by atoms with Gasteiger partial charge in [0.1, 0.15) is 10.6 Å². The van der Waals surface area contributed by atoms with E-state index in [0.717, 1.165) is 19.6 Å². The highest BCUT2D eigenvalue weighted by molar-refractivity contribution is 7.91. The number of rotatable bonds is 6. The van der Waals surface area contributed by atoms with Crippen LogP contribution in [-0.2, 0) is 9.84 Å². The Morgan fingerprint density at radius 1 is 1.29 bits per heavy atom. The Hall–Kier alpha value is -0.490. The maximum atomic E-state index is 12.4. The Labute approximate surface area is 137 Å². The predicted octanol–water partition coefficient (Wildman–Crippen LogP) is 3.03. The molecule has 0 spiro atoms. The van der Waals surface area contributed by atoms with Crippen LogP contribution in [0.25, 0.3) is 0 Å². The summed E-state index contributed by atoms with van der Waals surface area (Å²) in [5.41, 5.74) is 0. The highest BCUT2D eigenvalue weighted by atomic mass is 35.5. The van der Waals surface area contributed by atoms with Crippen LogP contribution in [0.5, 0.6) is 5.75 Å². The molecule has 1 aromatic carbocycles. The van der Waals surface area contributed by atoms with E-state index in [1.54, 1.807) is 12.1 Å². The first-order valence-electron chi connectivity index (χ1n) is 6.81. The molecule has 21 heavy (non-hydrogen) atoms. The molecule has 1 heterocycles. The molecule has 1 saturated heterocycles. The molecule has 0 unspecified atom stereocenters. The van der Waals surface area contributed by atoms with Gasteiger partial charge < -0.3 is 9.64 Å². The highest BCUT2D eigenvalue weighted by Gasteiger charge is 2.21. The normalized spacial score (nSPS) is 15.7. The van der Waals surface area contributed by atoms with Crippen molar-refractivity contribution in [2.45, 2.75) is 24.2 Å². The van der Waals surface area contributed by atoms with Crippen LogP contribution in [-0.4, -0.2) is 45.8 Å². The fourth-order valence-electron chi connectivity index (χ4n) is 2.49. The lowest BCUT2D eigenvalue weighted by Crippen LogP contribution is -2.22. The summed E-state index contributed by atoms with van der Waals surface area (Å²) in [6, 6.07) is 4.69. The molecule has 0 bridgehead atoms. The minimum Gasteiger partial charge on any atom is -0.495 e. The average molecular weight is 354 g/mol. The van der Waals surface area contributed by atoms with E-state index in [1.165, 1.54) is 26.0 Å². The summed E-state index contributed by atoms with van der Waals surface area (Å²) >= 11 is 5.89. The zero-order valence-electron chi connectivity index (χ0n) is 12.0. The van der Waals surface area contributed by atoms with Crippen LogP contribution in [0.1, 0.15) is 19.3 Å². The van der Waals surface area contributed by atoms with Crippen molar-refractivity contribution in [3.63, 3.8) is 0 Å². The Morgan fingerprint density at radius 2 is 1.95 bits per heavy atom. The molecule has 1 aliphatic rings. The lowest BCUT2D eigenvalue weighted by atomic mass is 10.3. The van der Waals surface area contributed by atoms with Crippen LogP contribution in [0.4, 0.5) is 0 Å². The summed E-state index contributed by atoms with van der Waals surface area (Å²) in [7, 11) is -1.89. The van der Waals surface area contributed by atoms with Crippen LogP contribution < -0.4 is 4.74 Å². The van der Waals surface area contributed by atoms with E-state index in [2.05, 4.69) is 4.90 Å². The summed E-state index contributed by atoms with van der Waals surface area (Å²) in [5, 5.41) is 0.406. The largest absolute Gasteiger partial charge is 0.495 e. The first-order chi connectivity index (χ1) is 9.53. The molecule has 4 nitrogen and oxygen atoms in total. The monoisotopic (exact) mass is 353 g/mol. The molecule has 0 aliphatic carbocycles. The number of benzene rings is 1. The van der Waals surface area contributed by atoms with Gasteiger partial charge in [-0.15, -0.1) is 12.4 Å². The predicted molar refractivity (Wildman–Crippen MR) is 87.6 cm³/mol. The number of hydrogen-bond acceptors (Lipinski definition) is 4. The molecule has 7 heteroatoms. The zero-order chi connectivity index (χ0) is 14.6. The molecule has 0 radical (unpaired) electrons. The van der Waals surface area contributed by atoms with E-state index in [-0.39, 0.29) is 23.1 Å². The van der Waals surface area contributed by atoms with Crippen molar-refractivity contribution in [2.75, 3.05) is 32.5 Å². The van der Waals surface area contributed by atoms with Crippen molar-refractivity contribution in [1.82, 2.24) is 4.90 Å². The Morgan fingerprint density at radius 3 is 2.57 bits per heavy atom. The summed E-state index contributed by atoms with van der Waals surface area (Å²) in [6.07, 6.45) is 3.07. The fourth-order valence-corrected chi connectivity index (χ4v) is 4.22. The first-order valence-corrected chi connectivity index (χ1v) is 8.84. The van der Waals surface area contributed by atoms with E-state index in [1.807, 2.05) is 0 Å². The van der Waals surface area contributed by atoms with Crippen LogP contribution >= 0.6 is 24.0 Å². The smallest absolute Gasteiger partial charge is 0.182 e. The first kappa shape index (κ1) is 18.6. The summed E-state index contributed by atoms with van der Waals surface area (Å²) in [5.74, 6) is 0.482. The molecule has 0 aromatic heterocycles. The SMILES string of the molecule is COc1ccc(Cl)cc1S(=O)(=O)CCCN1CCCC1.Cl. The fraction of sp³-hybridized carbons (Fsp3) is 0.571. The third-order valence-electron chi connectivity index (χ3n) is 3.55. The minimum atomic E-state index is -3.35. The van der Waals surface area contributed by atoms with Gasteiger partial charge in [-0.3, -0.25) is 0 Å². The van der Waals surface area contributed by atoms with Gasteiger partial charge in [-0.2, -0.15) is 0 Å². The molecule has 0 atom stereocenters. The molecule has 0 amide bonds. The van der Waals surface area contributed by atoms with Gasteiger partial charge in [-0.05, 0) is 57.1 Å². The Kier molecular flexibility index (Phi) is 7.27. The standard InChI is InChI=1S/C14H20ClNO3S.ClH/c1-19-13-6-5-12(15)11-14(13)20(17,18)10-4-9-16-7-2-3-8-16;/h5-6,11H,2-4,7-10H2,1H3;1H. The molecule has 0 saturated carbocycles. The number of nitrogens with zero attached hydrogens (tertiary/aromatic N) is 1. The number of hydrogen-bond donors (Lipinski definition) is 0. The number of methoxy groups -OCH3 is 1. The van der Waals surface area contributed by atoms with Gasteiger partial charge in [0, 0.05) is 5.02 Å². The van der Waals surface area contributed by atoms with Gasteiger partial charge in [0.25, 0.3) is 0 Å². The van der Waals surface area contributed by atoms with Crippen LogP contribution in [0.2, 0.25) is 5.02 Å². The Balaban J connectivity index is 0.00000220. The van der Waals surface area contributed by atoms with Crippen molar-refractivity contribution in [3.8, 4) is 5.75 Å². The number of sulfone groups is 1. The molecule has 1 aliphatic heterocycles. The highest BCUT2D eigenvalue weighted by Crippen LogP contribution is 2.28. The number of ether oxygens (including phenoxy) is 1. The van der Waals surface area contributed by atoms with Crippen LogP contribution in [0.3, 0.4) is 0 Å². The molecule has 2 rings (SSSR count). The van der Waals surface area contributed by atoms with E-state index < -0.39 is 9.84 Å². The summed E-state index contributed by atoms with van der Waals surface area (Å²) < 4.78 is 29.9. The second-order valence-electron chi connectivity index (χ2n) is 5.02. The van der Waals surface area contributed by atoms with E-state index in [9.17, 15) is 8.42 Å². The van der Waals surface area contributed by atoms with Gasteiger partial charge in [0.2, 0.25) is 0 Å². The van der Waals surface area contributed by atoms with Gasteiger partial charge in [0.15, 0.2) is 9.84 Å². The van der Waals surface area contributed by atoms with Gasteiger partial charge in [-0.25, -0.2) is 8.42 Å². The maximum Gasteiger partial charge on any atom is 0.182 e. The topological polar surface area (TPSA) is 46.6 Å². The second kappa shape index (κ2) is 8.22. The lowest BCUT2D eigenvalue weighted by Gasteiger charge is -2.15. The minimum absolute atomic E-state index is 0. The summed E-state index contributed by atoms with van der Waals surface area (Å²) in [4.78, 5) is 2.50. The molecule has 1 aromatic rings. The van der Waals surface area contributed by atoms with E-state index >= 15 is 0 Å². The molecule has 1 fully saturated rings. The molecule has 120 valence electrons. The van der Waals surface area contributed by atoms with Crippen molar-refractivity contribution in [3.05, 3.63) is 23.2 Å². The average Bonchev–Trinajstić information content (AvgIpc) is 2.91. The second-order valence-corrected chi connectivity index (χ2v) is 7.53. The van der Waals surface area contributed by atoms with Crippen molar-refractivity contribution in [1.29, 1.82) is 0 Å². The number of halogens is 2. The molecular weight excluding hydrogens is 333 g/mol. The van der Waals surface area contributed by atoms with E-state index in [4.69, 9.17) is 16.3 Å². The van der Waals surface area contributed by atoms with Gasteiger partial charge in [-0.1, -0.05) is 11.6 Å². The summed E-state index contributed by atoms with van der Waals surface area (Å²) in [6.45, 7) is 3.00. The Bertz CT molecular complexity index is 557. The quantitative estimate of drug-likeness (QED) is 0.788. The van der Waals surface area contributed by atoms with Crippen molar-refractivity contribution < 1.29 is 13.2 Å². The zero-order valence-corrected chi connectivity index (χ0v) is 14.4. The third-order valence-corrected chi connectivity index (χ3v) is 5.60. The van der Waals surface area contributed by atoms with Gasteiger partial charge >= 0.3 is 0 Å². The van der Waals surface area contributed by atoms with Crippen LogP contribution in [0, 0.1) is 0 Å². The molecular formula is C14H21Cl2NO3S. The van der Waals surface area contributed by atoms with Crippen molar-refractivity contribution in [2.24, 2.45) is 0 Å². The molecule has 0 N–H and O–H groups in total.